The van der Waals surface area contributed by atoms with E-state index in [2.05, 4.69) is 18.3 Å². The van der Waals surface area contributed by atoms with E-state index in [4.69, 9.17) is 5.26 Å². The molecule has 5 nitrogen and oxygen atoms in total. The summed E-state index contributed by atoms with van der Waals surface area (Å²) in [4.78, 5) is 0. The highest BCUT2D eigenvalue weighted by Gasteiger charge is 2.31. The number of hydrogen-bond donors (Lipinski definition) is 1. The average Bonchev–Trinajstić information content (AvgIpc) is 2.52. The number of rotatable bonds is 5. The van der Waals surface area contributed by atoms with Crippen LogP contribution in [0.2, 0.25) is 0 Å². The van der Waals surface area contributed by atoms with Crippen molar-refractivity contribution in [2.45, 2.75) is 32.4 Å². The largest absolute Gasteiger partial charge is 0.310 e. The number of hydrogen-bond acceptors (Lipinski definition) is 4. The van der Waals surface area contributed by atoms with Crippen molar-refractivity contribution in [3.63, 3.8) is 0 Å². The predicted octanol–water partition coefficient (Wildman–Crippen LogP) is 1.71. The summed E-state index contributed by atoms with van der Waals surface area (Å²) < 4.78 is 24.9. The molecule has 0 bridgehead atoms. The van der Waals surface area contributed by atoms with Crippen molar-refractivity contribution in [2.24, 2.45) is 5.92 Å². The van der Waals surface area contributed by atoms with E-state index in [1.165, 1.54) is 6.26 Å². The van der Waals surface area contributed by atoms with E-state index in [1.807, 2.05) is 18.2 Å². The molecule has 2 atom stereocenters. The minimum Gasteiger partial charge on any atom is -0.310 e. The first-order chi connectivity index (χ1) is 10.4. The molecule has 1 aliphatic heterocycles. The lowest BCUT2D eigenvalue weighted by atomic mass is 9.91. The Kier molecular flexibility index (Phi) is 5.57. The van der Waals surface area contributed by atoms with Crippen LogP contribution in [0.1, 0.15) is 30.9 Å². The van der Waals surface area contributed by atoms with Crippen molar-refractivity contribution in [1.82, 2.24) is 9.62 Å². The van der Waals surface area contributed by atoms with Crippen LogP contribution in [0.4, 0.5) is 0 Å². The molecule has 0 aliphatic carbocycles. The molecule has 1 aromatic rings. The summed E-state index contributed by atoms with van der Waals surface area (Å²) in [6.07, 6.45) is 3.05. The fourth-order valence-corrected chi connectivity index (χ4v) is 3.88. The average molecular weight is 321 g/mol. The molecule has 0 radical (unpaired) electrons. The molecular weight excluding hydrogens is 298 g/mol. The Balaban J connectivity index is 1.97. The van der Waals surface area contributed by atoms with E-state index < -0.39 is 10.0 Å². The lowest BCUT2D eigenvalue weighted by molar-refractivity contribution is 0.202. The van der Waals surface area contributed by atoms with Crippen molar-refractivity contribution < 1.29 is 8.42 Å². The van der Waals surface area contributed by atoms with Crippen LogP contribution in [0.15, 0.2) is 24.3 Å². The second kappa shape index (κ2) is 7.23. The lowest BCUT2D eigenvalue weighted by Crippen LogP contribution is -2.50. The van der Waals surface area contributed by atoms with Gasteiger partial charge < -0.3 is 5.32 Å². The highest BCUT2D eigenvalue weighted by Crippen LogP contribution is 2.22. The van der Waals surface area contributed by atoms with Crippen LogP contribution in [-0.2, 0) is 16.6 Å². The molecule has 0 unspecified atom stereocenters. The smallest absolute Gasteiger partial charge is 0.211 e. The summed E-state index contributed by atoms with van der Waals surface area (Å²) in [5, 5.41) is 12.5. The Morgan fingerprint density at radius 2 is 2.23 bits per heavy atom. The number of sulfonamides is 1. The molecule has 120 valence electrons. The zero-order chi connectivity index (χ0) is 16.2. The molecular formula is C16H23N3O2S. The van der Waals surface area contributed by atoms with E-state index in [0.717, 1.165) is 18.4 Å². The van der Waals surface area contributed by atoms with Gasteiger partial charge in [-0.2, -0.15) is 5.26 Å². The summed E-state index contributed by atoms with van der Waals surface area (Å²) >= 11 is 0. The first-order valence-corrected chi connectivity index (χ1v) is 9.46. The van der Waals surface area contributed by atoms with Gasteiger partial charge in [-0.15, -0.1) is 0 Å². The molecule has 1 aromatic carbocycles. The van der Waals surface area contributed by atoms with E-state index in [-0.39, 0.29) is 0 Å². The molecule has 0 amide bonds. The van der Waals surface area contributed by atoms with Crippen molar-refractivity contribution in [3.05, 3.63) is 35.4 Å². The fourth-order valence-electron chi connectivity index (χ4n) is 2.98. The van der Waals surface area contributed by atoms with Crippen molar-refractivity contribution >= 4 is 10.0 Å². The molecule has 0 saturated carbocycles. The first kappa shape index (κ1) is 16.9. The molecule has 0 spiro atoms. The third kappa shape index (κ3) is 4.29. The van der Waals surface area contributed by atoms with Gasteiger partial charge in [-0.1, -0.05) is 25.5 Å². The van der Waals surface area contributed by atoms with Gasteiger partial charge >= 0.3 is 0 Å². The Labute approximate surface area is 133 Å². The van der Waals surface area contributed by atoms with Gasteiger partial charge in [0.15, 0.2) is 0 Å². The zero-order valence-electron chi connectivity index (χ0n) is 13.1. The van der Waals surface area contributed by atoms with Gasteiger partial charge in [0.1, 0.15) is 0 Å². The molecule has 1 saturated heterocycles. The Morgan fingerprint density at radius 1 is 1.45 bits per heavy atom. The van der Waals surface area contributed by atoms with Gasteiger partial charge in [0, 0.05) is 25.7 Å². The van der Waals surface area contributed by atoms with E-state index in [9.17, 15) is 8.42 Å². The summed E-state index contributed by atoms with van der Waals surface area (Å²) in [6, 6.07) is 10.0. The lowest BCUT2D eigenvalue weighted by Gasteiger charge is -2.37. The Hall–Kier alpha value is -1.42. The second-order valence-electron chi connectivity index (χ2n) is 5.88. The zero-order valence-corrected chi connectivity index (χ0v) is 13.9. The van der Waals surface area contributed by atoms with Crippen molar-refractivity contribution in [3.8, 4) is 6.07 Å². The number of piperidine rings is 1. The van der Waals surface area contributed by atoms with Crippen LogP contribution in [0.25, 0.3) is 0 Å². The molecule has 1 N–H and O–H groups in total. The van der Waals surface area contributed by atoms with Gasteiger partial charge in [-0.3, -0.25) is 0 Å². The predicted molar refractivity (Wildman–Crippen MR) is 86.6 cm³/mol. The minimum absolute atomic E-state index is 0.314. The SMILES string of the molecule is CC[C@@H]1CN(S(C)(=O)=O)CC[C@H]1NCc1cccc(C#N)c1. The topological polar surface area (TPSA) is 73.2 Å². The van der Waals surface area contributed by atoms with Crippen LogP contribution in [-0.4, -0.2) is 38.1 Å². The third-order valence-corrected chi connectivity index (χ3v) is 5.58. The monoisotopic (exact) mass is 321 g/mol. The highest BCUT2D eigenvalue weighted by atomic mass is 32.2. The summed E-state index contributed by atoms with van der Waals surface area (Å²) in [5.74, 6) is 0.322. The summed E-state index contributed by atoms with van der Waals surface area (Å²) in [7, 11) is -3.10. The van der Waals surface area contributed by atoms with Gasteiger partial charge in [0.25, 0.3) is 0 Å². The fraction of sp³-hybridized carbons (Fsp3) is 0.562. The van der Waals surface area contributed by atoms with Crippen LogP contribution in [0.5, 0.6) is 0 Å². The molecule has 6 heteroatoms. The van der Waals surface area contributed by atoms with E-state index >= 15 is 0 Å². The molecule has 1 heterocycles. The third-order valence-electron chi connectivity index (χ3n) is 4.31. The number of nitriles is 1. The van der Waals surface area contributed by atoms with Crippen LogP contribution < -0.4 is 5.32 Å². The second-order valence-corrected chi connectivity index (χ2v) is 7.86. The number of benzene rings is 1. The van der Waals surface area contributed by atoms with Gasteiger partial charge in [0.2, 0.25) is 10.0 Å². The highest BCUT2D eigenvalue weighted by molar-refractivity contribution is 7.88. The van der Waals surface area contributed by atoms with Crippen molar-refractivity contribution in [1.29, 1.82) is 5.26 Å². The van der Waals surface area contributed by atoms with E-state index in [1.54, 1.807) is 10.4 Å². The van der Waals surface area contributed by atoms with E-state index in [0.29, 0.717) is 37.2 Å². The summed E-state index contributed by atoms with van der Waals surface area (Å²) in [5.41, 5.74) is 1.75. The maximum atomic E-state index is 11.7. The maximum Gasteiger partial charge on any atom is 0.211 e. The maximum absolute atomic E-state index is 11.7. The summed E-state index contributed by atoms with van der Waals surface area (Å²) in [6.45, 7) is 3.97. The van der Waals surface area contributed by atoms with Crippen LogP contribution in [0.3, 0.4) is 0 Å². The molecule has 0 aromatic heterocycles. The van der Waals surface area contributed by atoms with Crippen LogP contribution >= 0.6 is 0 Å². The minimum atomic E-state index is -3.10. The Morgan fingerprint density at radius 3 is 2.86 bits per heavy atom. The Bertz CT molecular complexity index is 652. The molecule has 1 fully saturated rings. The molecule has 2 rings (SSSR count). The van der Waals surface area contributed by atoms with Gasteiger partial charge in [-0.05, 0) is 30.0 Å². The molecule has 1 aliphatic rings. The first-order valence-electron chi connectivity index (χ1n) is 7.61. The van der Waals surface area contributed by atoms with Crippen LogP contribution in [0, 0.1) is 17.2 Å². The van der Waals surface area contributed by atoms with Gasteiger partial charge in [0.05, 0.1) is 17.9 Å². The number of nitrogens with zero attached hydrogens (tertiary/aromatic N) is 2. The standard InChI is InChI=1S/C16H23N3O2S/c1-3-15-12-19(22(2,20)21)8-7-16(15)18-11-14-6-4-5-13(9-14)10-17/h4-6,9,15-16,18H,3,7-8,11-12H2,1-2H3/t15-,16-/m1/s1. The molecule has 22 heavy (non-hydrogen) atoms. The quantitative estimate of drug-likeness (QED) is 0.896. The van der Waals surface area contributed by atoms with Crippen molar-refractivity contribution in [2.75, 3.05) is 19.3 Å². The normalized spacial score (nSPS) is 23.1. The number of nitrogens with one attached hydrogen (secondary N) is 1. The van der Waals surface area contributed by atoms with Gasteiger partial charge in [-0.25, -0.2) is 12.7 Å².